The van der Waals surface area contributed by atoms with Crippen molar-refractivity contribution >= 4 is 5.82 Å². The van der Waals surface area contributed by atoms with E-state index in [0.29, 0.717) is 6.04 Å². The van der Waals surface area contributed by atoms with Gasteiger partial charge >= 0.3 is 0 Å². The van der Waals surface area contributed by atoms with Gasteiger partial charge in [0.2, 0.25) is 0 Å². The van der Waals surface area contributed by atoms with Gasteiger partial charge in [-0.3, -0.25) is 0 Å². The lowest BCUT2D eigenvalue weighted by molar-refractivity contribution is 0.288. The Labute approximate surface area is 103 Å². The highest BCUT2D eigenvalue weighted by Crippen LogP contribution is 2.17. The molecule has 0 amide bonds. The number of pyridine rings is 1. The highest BCUT2D eigenvalue weighted by atomic mass is 16.3. The Morgan fingerprint density at radius 3 is 2.47 bits per heavy atom. The third-order valence-corrected chi connectivity index (χ3v) is 2.77. The highest BCUT2D eigenvalue weighted by Gasteiger charge is 2.11. The zero-order valence-electron chi connectivity index (χ0n) is 10.9. The number of aliphatic hydroxyl groups is 1. The van der Waals surface area contributed by atoms with E-state index in [9.17, 15) is 0 Å². The van der Waals surface area contributed by atoms with Gasteiger partial charge < -0.3 is 15.7 Å². The quantitative estimate of drug-likeness (QED) is 0.790. The van der Waals surface area contributed by atoms with Gasteiger partial charge in [0.25, 0.3) is 0 Å². The summed E-state index contributed by atoms with van der Waals surface area (Å²) < 4.78 is 0. The van der Waals surface area contributed by atoms with E-state index in [0.717, 1.165) is 24.3 Å². The summed E-state index contributed by atoms with van der Waals surface area (Å²) >= 11 is 0. The van der Waals surface area contributed by atoms with Crippen molar-refractivity contribution in [3.63, 3.8) is 0 Å². The molecule has 0 aliphatic heterocycles. The van der Waals surface area contributed by atoms with Gasteiger partial charge in [-0.2, -0.15) is 0 Å². The summed E-state index contributed by atoms with van der Waals surface area (Å²) in [5.74, 6) is 0.942. The summed E-state index contributed by atoms with van der Waals surface area (Å²) in [7, 11) is 0. The van der Waals surface area contributed by atoms with Gasteiger partial charge in [-0.25, -0.2) is 4.98 Å². The lowest BCUT2D eigenvalue weighted by Crippen LogP contribution is -2.32. The predicted molar refractivity (Wildman–Crippen MR) is 71.0 cm³/mol. The first-order chi connectivity index (χ1) is 8.06. The smallest absolute Gasteiger partial charge is 0.128 e. The summed E-state index contributed by atoms with van der Waals surface area (Å²) in [5, 5.41) is 8.90. The Kier molecular flexibility index (Phi) is 5.38. The van der Waals surface area contributed by atoms with E-state index in [4.69, 9.17) is 10.8 Å². The third kappa shape index (κ3) is 3.98. The minimum atomic E-state index is 0.0153. The van der Waals surface area contributed by atoms with E-state index >= 15 is 0 Å². The van der Waals surface area contributed by atoms with Gasteiger partial charge in [-0.15, -0.1) is 0 Å². The number of nitrogens with two attached hydrogens (primary N) is 1. The number of aliphatic hydroxyl groups excluding tert-OH is 1. The molecule has 1 rings (SSSR count). The summed E-state index contributed by atoms with van der Waals surface area (Å²) in [4.78, 5) is 6.62. The lowest BCUT2D eigenvalue weighted by atomic mass is 10.1. The van der Waals surface area contributed by atoms with Crippen LogP contribution in [0.25, 0.3) is 0 Å². The monoisotopic (exact) mass is 237 g/mol. The second-order valence-electron chi connectivity index (χ2n) is 4.60. The molecule has 1 heterocycles. The minimum absolute atomic E-state index is 0.0153. The highest BCUT2D eigenvalue weighted by molar-refractivity contribution is 5.40. The van der Waals surface area contributed by atoms with Crippen LogP contribution in [-0.4, -0.2) is 29.3 Å². The van der Waals surface area contributed by atoms with Crippen molar-refractivity contribution in [1.82, 2.24) is 4.98 Å². The van der Waals surface area contributed by atoms with Gasteiger partial charge in [-0.05, 0) is 38.8 Å². The molecule has 4 heteroatoms. The molecule has 1 aromatic heterocycles. The minimum Gasteiger partial charge on any atom is -0.396 e. The fourth-order valence-corrected chi connectivity index (χ4v) is 1.72. The first kappa shape index (κ1) is 13.9. The van der Waals surface area contributed by atoms with Crippen LogP contribution in [0.15, 0.2) is 18.3 Å². The van der Waals surface area contributed by atoms with Crippen molar-refractivity contribution in [3.8, 4) is 0 Å². The average molecular weight is 237 g/mol. The number of nitrogens with zero attached hydrogens (tertiary/aromatic N) is 2. The molecule has 17 heavy (non-hydrogen) atoms. The van der Waals surface area contributed by atoms with Crippen LogP contribution in [0.3, 0.4) is 0 Å². The van der Waals surface area contributed by atoms with Crippen LogP contribution < -0.4 is 10.6 Å². The van der Waals surface area contributed by atoms with Crippen molar-refractivity contribution in [3.05, 3.63) is 23.9 Å². The molecule has 0 aromatic carbocycles. The van der Waals surface area contributed by atoms with Crippen LogP contribution in [0, 0.1) is 0 Å². The molecule has 0 bridgehead atoms. The molecule has 0 saturated heterocycles. The summed E-state index contributed by atoms with van der Waals surface area (Å²) in [6.45, 7) is 7.22. The van der Waals surface area contributed by atoms with Gasteiger partial charge in [0.15, 0.2) is 0 Å². The summed E-state index contributed by atoms with van der Waals surface area (Å²) in [5.41, 5.74) is 6.83. The number of hydrogen-bond donors (Lipinski definition) is 2. The lowest BCUT2D eigenvalue weighted by Gasteiger charge is -2.27. The van der Waals surface area contributed by atoms with Crippen LogP contribution in [0.4, 0.5) is 5.82 Å². The Morgan fingerprint density at radius 2 is 2.06 bits per heavy atom. The number of anilines is 1. The Balaban J connectivity index is 2.80. The predicted octanol–water partition coefficient (Wildman–Crippen LogP) is 1.70. The molecule has 1 aromatic rings. The molecule has 96 valence electrons. The fraction of sp³-hybridized carbons (Fsp3) is 0.615. The van der Waals surface area contributed by atoms with Gasteiger partial charge in [0.05, 0.1) is 0 Å². The van der Waals surface area contributed by atoms with Crippen LogP contribution in [0.5, 0.6) is 0 Å². The zero-order chi connectivity index (χ0) is 12.8. The fourth-order valence-electron chi connectivity index (χ4n) is 1.72. The number of aromatic nitrogens is 1. The van der Waals surface area contributed by atoms with Crippen molar-refractivity contribution in [2.45, 2.75) is 39.3 Å². The van der Waals surface area contributed by atoms with Crippen molar-refractivity contribution in [2.75, 3.05) is 18.1 Å². The Morgan fingerprint density at radius 1 is 1.35 bits per heavy atom. The van der Waals surface area contributed by atoms with Crippen molar-refractivity contribution < 1.29 is 5.11 Å². The molecule has 4 nitrogen and oxygen atoms in total. The second kappa shape index (κ2) is 6.57. The standard InChI is InChI=1S/C13H23N3O/c1-10(2)16(7-4-8-17)13-6-5-12(9-15-13)11(3)14/h5-6,9-11,17H,4,7-8,14H2,1-3H3/t11-/m1/s1. The van der Waals surface area contributed by atoms with Crippen LogP contribution in [0.1, 0.15) is 38.8 Å². The summed E-state index contributed by atoms with van der Waals surface area (Å²) in [6, 6.07) is 4.40. The van der Waals surface area contributed by atoms with Crippen molar-refractivity contribution in [1.29, 1.82) is 0 Å². The average Bonchev–Trinajstić information content (AvgIpc) is 2.29. The molecule has 0 radical (unpaired) electrons. The Bertz CT molecular complexity index is 322. The largest absolute Gasteiger partial charge is 0.396 e. The van der Waals surface area contributed by atoms with Crippen LogP contribution >= 0.6 is 0 Å². The SMILES string of the molecule is CC(C)N(CCCO)c1ccc([C@@H](C)N)cn1. The third-order valence-electron chi connectivity index (χ3n) is 2.77. The maximum atomic E-state index is 8.90. The van der Waals surface area contributed by atoms with Crippen LogP contribution in [-0.2, 0) is 0 Å². The molecule has 3 N–H and O–H groups in total. The normalized spacial score (nSPS) is 12.8. The van der Waals surface area contributed by atoms with Gasteiger partial charge in [-0.1, -0.05) is 6.07 Å². The van der Waals surface area contributed by atoms with E-state index in [2.05, 4.69) is 23.7 Å². The topological polar surface area (TPSA) is 62.4 Å². The molecule has 0 saturated carbocycles. The van der Waals surface area contributed by atoms with E-state index in [1.54, 1.807) is 0 Å². The maximum Gasteiger partial charge on any atom is 0.128 e. The van der Waals surface area contributed by atoms with Crippen molar-refractivity contribution in [2.24, 2.45) is 5.73 Å². The molecule has 0 aliphatic rings. The molecule has 0 unspecified atom stereocenters. The molecule has 0 spiro atoms. The van der Waals surface area contributed by atoms with E-state index in [1.165, 1.54) is 0 Å². The molecule has 0 fully saturated rings. The second-order valence-corrected chi connectivity index (χ2v) is 4.60. The number of hydrogen-bond acceptors (Lipinski definition) is 4. The summed E-state index contributed by atoms with van der Waals surface area (Å²) in [6.07, 6.45) is 2.59. The first-order valence-corrected chi connectivity index (χ1v) is 6.15. The van der Waals surface area contributed by atoms with Gasteiger partial charge in [0, 0.05) is 31.4 Å². The molecule has 1 atom stereocenters. The van der Waals surface area contributed by atoms with Crippen LogP contribution in [0.2, 0.25) is 0 Å². The maximum absolute atomic E-state index is 8.90. The molecular formula is C13H23N3O. The molecule has 0 aliphatic carbocycles. The van der Waals surface area contributed by atoms with Gasteiger partial charge in [0.1, 0.15) is 5.82 Å². The van der Waals surface area contributed by atoms with E-state index < -0.39 is 0 Å². The first-order valence-electron chi connectivity index (χ1n) is 6.15. The van der Waals surface area contributed by atoms with E-state index in [-0.39, 0.29) is 12.6 Å². The number of rotatable bonds is 6. The zero-order valence-corrected chi connectivity index (χ0v) is 10.9. The van der Waals surface area contributed by atoms with E-state index in [1.807, 2.05) is 25.3 Å². The molecular weight excluding hydrogens is 214 g/mol. The Hall–Kier alpha value is -1.13.